The highest BCUT2D eigenvalue weighted by Gasteiger charge is 2.33. The van der Waals surface area contributed by atoms with Gasteiger partial charge in [-0.25, -0.2) is 0 Å². The number of aliphatic carboxylic acids is 1. The van der Waals surface area contributed by atoms with Crippen molar-refractivity contribution in [2.24, 2.45) is 0 Å². The van der Waals surface area contributed by atoms with E-state index in [4.69, 9.17) is 22.1 Å². The molecular weight excluding hydrogens is 358 g/mol. The second kappa shape index (κ2) is 9.58. The first-order valence-electron chi connectivity index (χ1n) is 8.22. The van der Waals surface area contributed by atoms with E-state index in [0.29, 0.717) is 17.3 Å². The molecule has 1 amide bonds. The fourth-order valence-electron chi connectivity index (χ4n) is 2.35. The van der Waals surface area contributed by atoms with Crippen LogP contribution in [0.15, 0.2) is 29.2 Å². The molecule has 2 rings (SSSR count). The number of para-hydroxylation sites is 1. The van der Waals surface area contributed by atoms with Crippen LogP contribution in [0.25, 0.3) is 6.08 Å². The number of thiocarbonyl (C=S) groups is 1. The molecule has 0 radical (unpaired) electrons. The van der Waals surface area contributed by atoms with Crippen molar-refractivity contribution in [1.29, 1.82) is 0 Å². The van der Waals surface area contributed by atoms with Gasteiger partial charge in [0.2, 0.25) is 0 Å². The Kier molecular flexibility index (Phi) is 7.46. The van der Waals surface area contributed by atoms with Crippen LogP contribution in [0.2, 0.25) is 0 Å². The van der Waals surface area contributed by atoms with E-state index >= 15 is 0 Å². The highest BCUT2D eigenvalue weighted by Crippen LogP contribution is 2.34. The Bertz CT molecular complexity index is 687. The van der Waals surface area contributed by atoms with Crippen molar-refractivity contribution in [3.63, 3.8) is 0 Å². The summed E-state index contributed by atoms with van der Waals surface area (Å²) >= 11 is 6.22. The van der Waals surface area contributed by atoms with E-state index in [2.05, 4.69) is 6.92 Å². The SMILES string of the molecule is CCCCCCOc1ccccc1C=C1SC(=S)N(CC(=O)O)C1=O. The van der Waals surface area contributed by atoms with Crippen LogP contribution in [-0.2, 0) is 9.59 Å². The number of carbonyl (C=O) groups is 2. The predicted molar refractivity (Wildman–Crippen MR) is 104 cm³/mol. The van der Waals surface area contributed by atoms with Crippen molar-refractivity contribution in [3.8, 4) is 5.75 Å². The molecule has 1 aliphatic heterocycles. The molecule has 1 aromatic carbocycles. The first-order chi connectivity index (χ1) is 12.0. The Morgan fingerprint density at radius 2 is 2.08 bits per heavy atom. The van der Waals surface area contributed by atoms with E-state index in [1.54, 1.807) is 6.08 Å². The second-order valence-corrected chi connectivity index (χ2v) is 7.28. The predicted octanol–water partition coefficient (Wildman–Crippen LogP) is 3.93. The van der Waals surface area contributed by atoms with Crippen molar-refractivity contribution >= 4 is 46.3 Å². The van der Waals surface area contributed by atoms with Crippen molar-refractivity contribution in [2.75, 3.05) is 13.2 Å². The van der Waals surface area contributed by atoms with Gasteiger partial charge in [0, 0.05) is 5.56 Å². The van der Waals surface area contributed by atoms with Crippen LogP contribution in [0.3, 0.4) is 0 Å². The van der Waals surface area contributed by atoms with E-state index in [9.17, 15) is 9.59 Å². The van der Waals surface area contributed by atoms with Gasteiger partial charge in [-0.3, -0.25) is 14.5 Å². The van der Waals surface area contributed by atoms with Gasteiger partial charge < -0.3 is 9.84 Å². The number of carboxylic acid groups (broad SMARTS) is 1. The number of amides is 1. The molecule has 0 saturated carbocycles. The number of hydrogen-bond acceptors (Lipinski definition) is 5. The van der Waals surface area contributed by atoms with Crippen LogP contribution in [0, 0.1) is 0 Å². The number of carbonyl (C=O) groups excluding carboxylic acids is 1. The van der Waals surface area contributed by atoms with Crippen molar-refractivity contribution in [3.05, 3.63) is 34.7 Å². The topological polar surface area (TPSA) is 66.8 Å². The first-order valence-corrected chi connectivity index (χ1v) is 9.44. The van der Waals surface area contributed by atoms with E-state index < -0.39 is 12.5 Å². The van der Waals surface area contributed by atoms with Gasteiger partial charge in [-0.1, -0.05) is 68.4 Å². The van der Waals surface area contributed by atoms with Gasteiger partial charge in [-0.05, 0) is 18.6 Å². The highest BCUT2D eigenvalue weighted by molar-refractivity contribution is 8.26. The molecular formula is C18H21NO4S2. The molecule has 1 fully saturated rings. The standard InChI is InChI=1S/C18H21NO4S2/c1-2-3-4-7-10-23-14-9-6-5-8-13(14)11-15-17(22)19(12-16(20)21)18(24)25-15/h5-6,8-9,11H,2-4,7,10,12H2,1H3,(H,20,21). The highest BCUT2D eigenvalue weighted by atomic mass is 32.2. The summed E-state index contributed by atoms with van der Waals surface area (Å²) in [6.07, 6.45) is 6.20. The lowest BCUT2D eigenvalue weighted by Crippen LogP contribution is -2.33. The molecule has 0 atom stereocenters. The molecule has 1 aliphatic rings. The molecule has 0 bridgehead atoms. The van der Waals surface area contributed by atoms with Gasteiger partial charge >= 0.3 is 5.97 Å². The average Bonchev–Trinajstić information content (AvgIpc) is 2.83. The number of thioether (sulfide) groups is 1. The number of hydrogen-bond donors (Lipinski definition) is 1. The van der Waals surface area contributed by atoms with Crippen LogP contribution < -0.4 is 4.74 Å². The molecule has 134 valence electrons. The quantitative estimate of drug-likeness (QED) is 0.398. The molecule has 7 heteroatoms. The maximum atomic E-state index is 12.3. The molecule has 0 unspecified atom stereocenters. The Balaban J connectivity index is 2.09. The van der Waals surface area contributed by atoms with Crippen LogP contribution in [-0.4, -0.2) is 39.4 Å². The fraction of sp³-hybridized carbons (Fsp3) is 0.389. The third kappa shape index (κ3) is 5.57. The van der Waals surface area contributed by atoms with Crippen molar-refractivity contribution in [1.82, 2.24) is 4.90 Å². The van der Waals surface area contributed by atoms with E-state index in [-0.39, 0.29) is 10.2 Å². The molecule has 1 heterocycles. The Hall–Kier alpha value is -1.86. The van der Waals surface area contributed by atoms with Crippen LogP contribution >= 0.6 is 24.0 Å². The average molecular weight is 380 g/mol. The number of benzene rings is 1. The third-order valence-corrected chi connectivity index (χ3v) is 5.01. The normalized spacial score (nSPS) is 15.9. The summed E-state index contributed by atoms with van der Waals surface area (Å²) in [6.45, 7) is 2.37. The lowest BCUT2D eigenvalue weighted by molar-refractivity contribution is -0.140. The van der Waals surface area contributed by atoms with Gasteiger partial charge in [0.15, 0.2) is 0 Å². The molecule has 25 heavy (non-hydrogen) atoms. The third-order valence-electron chi connectivity index (χ3n) is 3.63. The number of unbranched alkanes of at least 4 members (excludes halogenated alkanes) is 3. The Morgan fingerprint density at radius 1 is 1.32 bits per heavy atom. The zero-order valence-corrected chi connectivity index (χ0v) is 15.7. The maximum Gasteiger partial charge on any atom is 0.323 e. The van der Waals surface area contributed by atoms with Crippen LogP contribution in [0.1, 0.15) is 38.2 Å². The summed E-state index contributed by atoms with van der Waals surface area (Å²) in [6, 6.07) is 7.48. The summed E-state index contributed by atoms with van der Waals surface area (Å²) in [4.78, 5) is 24.7. The number of nitrogens with zero attached hydrogens (tertiary/aromatic N) is 1. The van der Waals surface area contributed by atoms with Crippen molar-refractivity contribution in [2.45, 2.75) is 32.6 Å². The van der Waals surface area contributed by atoms with Gasteiger partial charge in [-0.15, -0.1) is 0 Å². The summed E-state index contributed by atoms with van der Waals surface area (Å²) in [5.41, 5.74) is 0.786. The van der Waals surface area contributed by atoms with E-state index in [0.717, 1.165) is 35.1 Å². The molecule has 0 aliphatic carbocycles. The van der Waals surface area contributed by atoms with E-state index in [1.807, 2.05) is 24.3 Å². The fourth-order valence-corrected chi connectivity index (χ4v) is 3.60. The molecule has 0 spiro atoms. The summed E-state index contributed by atoms with van der Waals surface area (Å²) < 4.78 is 6.10. The minimum atomic E-state index is -1.09. The summed E-state index contributed by atoms with van der Waals surface area (Å²) in [5.74, 6) is -0.758. The Morgan fingerprint density at radius 3 is 2.80 bits per heavy atom. The smallest absolute Gasteiger partial charge is 0.323 e. The zero-order chi connectivity index (χ0) is 18.2. The maximum absolute atomic E-state index is 12.3. The molecule has 1 saturated heterocycles. The molecule has 5 nitrogen and oxygen atoms in total. The largest absolute Gasteiger partial charge is 0.493 e. The number of ether oxygens (including phenoxy) is 1. The molecule has 1 N–H and O–H groups in total. The number of carboxylic acids is 1. The second-order valence-electron chi connectivity index (χ2n) is 5.61. The van der Waals surface area contributed by atoms with Gasteiger partial charge in [0.25, 0.3) is 5.91 Å². The van der Waals surface area contributed by atoms with Gasteiger partial charge in [-0.2, -0.15) is 0 Å². The molecule has 0 aromatic heterocycles. The molecule has 1 aromatic rings. The minimum absolute atomic E-state index is 0.261. The van der Waals surface area contributed by atoms with Crippen LogP contribution in [0.4, 0.5) is 0 Å². The minimum Gasteiger partial charge on any atom is -0.493 e. The first kappa shape index (κ1) is 19.5. The zero-order valence-electron chi connectivity index (χ0n) is 14.1. The van der Waals surface area contributed by atoms with Gasteiger partial charge in [0.05, 0.1) is 11.5 Å². The van der Waals surface area contributed by atoms with Gasteiger partial charge in [0.1, 0.15) is 16.6 Å². The lowest BCUT2D eigenvalue weighted by atomic mass is 10.1. The summed E-state index contributed by atoms with van der Waals surface area (Å²) in [7, 11) is 0. The Labute approximate surface area is 157 Å². The number of rotatable bonds is 9. The van der Waals surface area contributed by atoms with Crippen LogP contribution in [0.5, 0.6) is 5.75 Å². The monoisotopic (exact) mass is 379 g/mol. The lowest BCUT2D eigenvalue weighted by Gasteiger charge is -2.10. The van der Waals surface area contributed by atoms with Crippen molar-refractivity contribution < 1.29 is 19.4 Å². The summed E-state index contributed by atoms with van der Waals surface area (Å²) in [5, 5.41) is 8.89. The van der Waals surface area contributed by atoms with E-state index in [1.165, 1.54) is 12.8 Å².